The summed E-state index contributed by atoms with van der Waals surface area (Å²) in [5.41, 5.74) is 5.21. The first-order valence-electron chi connectivity index (χ1n) is 9.42. The zero-order chi connectivity index (χ0) is 18.4. The minimum Gasteiger partial charge on any atom is -0.444 e. The molecule has 1 fully saturated rings. The van der Waals surface area contributed by atoms with Gasteiger partial charge in [-0.2, -0.15) is 0 Å². The van der Waals surface area contributed by atoms with Crippen LogP contribution >= 0.6 is 0 Å². The van der Waals surface area contributed by atoms with E-state index in [-0.39, 0.29) is 6.61 Å². The van der Waals surface area contributed by atoms with Crippen molar-refractivity contribution in [3.63, 3.8) is 0 Å². The van der Waals surface area contributed by atoms with E-state index in [0.29, 0.717) is 0 Å². The third kappa shape index (κ3) is 5.09. The number of para-hydroxylation sites is 1. The van der Waals surface area contributed by atoms with Crippen molar-refractivity contribution < 1.29 is 9.53 Å². The van der Waals surface area contributed by atoms with E-state index in [4.69, 9.17) is 4.74 Å². The molecule has 1 saturated heterocycles. The summed E-state index contributed by atoms with van der Waals surface area (Å²) in [6.07, 6.45) is 3.56. The van der Waals surface area contributed by atoms with Crippen LogP contribution in [-0.2, 0) is 17.9 Å². The number of amides is 1. The van der Waals surface area contributed by atoms with Gasteiger partial charge in [-0.15, -0.1) is 0 Å². The molecule has 0 unspecified atom stereocenters. The second-order valence-corrected chi connectivity index (χ2v) is 7.12. The average molecular weight is 352 g/mol. The van der Waals surface area contributed by atoms with Crippen LogP contribution in [0.3, 0.4) is 0 Å². The summed E-state index contributed by atoms with van der Waals surface area (Å²) < 4.78 is 5.37. The third-order valence-electron chi connectivity index (χ3n) is 4.96. The van der Waals surface area contributed by atoms with Gasteiger partial charge in [-0.3, -0.25) is 10.2 Å². The highest BCUT2D eigenvalue weighted by atomic mass is 16.5. The highest BCUT2D eigenvalue weighted by molar-refractivity contribution is 5.86. The Kier molecular flexibility index (Phi) is 6.29. The van der Waals surface area contributed by atoms with Crippen molar-refractivity contribution in [2.75, 3.05) is 18.4 Å². The van der Waals surface area contributed by atoms with Crippen LogP contribution in [0.5, 0.6) is 0 Å². The summed E-state index contributed by atoms with van der Waals surface area (Å²) in [5, 5.41) is 2.85. The molecular formula is C22H28N2O2. The van der Waals surface area contributed by atoms with Crippen LogP contribution in [0.25, 0.3) is 0 Å². The Hall–Kier alpha value is -2.33. The molecule has 0 radical (unpaired) electrons. The lowest BCUT2D eigenvalue weighted by Gasteiger charge is -2.26. The zero-order valence-electron chi connectivity index (χ0n) is 15.8. The number of carbonyl (C=O) groups is 1. The zero-order valence-corrected chi connectivity index (χ0v) is 15.8. The van der Waals surface area contributed by atoms with Gasteiger partial charge >= 0.3 is 6.09 Å². The molecule has 3 rings (SSSR count). The van der Waals surface area contributed by atoms with E-state index in [9.17, 15) is 4.79 Å². The van der Waals surface area contributed by atoms with Gasteiger partial charge in [-0.05, 0) is 62.0 Å². The first-order chi connectivity index (χ1) is 12.6. The molecule has 2 aromatic rings. The number of rotatable bonds is 5. The Balaban J connectivity index is 1.49. The van der Waals surface area contributed by atoms with Gasteiger partial charge in [-0.1, -0.05) is 48.9 Å². The molecule has 138 valence electrons. The molecule has 1 aliphatic rings. The van der Waals surface area contributed by atoms with Crippen LogP contribution < -0.4 is 5.32 Å². The number of hydrogen-bond acceptors (Lipinski definition) is 3. The molecule has 0 atom stereocenters. The second kappa shape index (κ2) is 8.86. The van der Waals surface area contributed by atoms with Crippen molar-refractivity contribution in [1.82, 2.24) is 4.90 Å². The summed E-state index contributed by atoms with van der Waals surface area (Å²) in [4.78, 5) is 14.6. The summed E-state index contributed by atoms with van der Waals surface area (Å²) in [6.45, 7) is 7.63. The molecular weight excluding hydrogens is 324 g/mol. The van der Waals surface area contributed by atoms with Crippen molar-refractivity contribution in [3.8, 4) is 0 Å². The summed E-state index contributed by atoms with van der Waals surface area (Å²) in [5.74, 6) is 0. The van der Waals surface area contributed by atoms with E-state index < -0.39 is 6.09 Å². The molecule has 4 heteroatoms. The fraction of sp³-hybridized carbons (Fsp3) is 0.409. The van der Waals surface area contributed by atoms with Crippen molar-refractivity contribution in [2.45, 2.75) is 46.3 Å². The quantitative estimate of drug-likeness (QED) is 0.820. The molecule has 1 amide bonds. The minimum absolute atomic E-state index is 0.279. The lowest BCUT2D eigenvalue weighted by molar-refractivity contribution is 0.155. The van der Waals surface area contributed by atoms with Gasteiger partial charge in [0.2, 0.25) is 0 Å². The van der Waals surface area contributed by atoms with Crippen LogP contribution in [0.15, 0.2) is 42.5 Å². The topological polar surface area (TPSA) is 41.6 Å². The van der Waals surface area contributed by atoms with Crippen LogP contribution in [-0.4, -0.2) is 24.1 Å². The molecule has 1 heterocycles. The number of anilines is 1. The van der Waals surface area contributed by atoms with Gasteiger partial charge in [0.25, 0.3) is 0 Å². The van der Waals surface area contributed by atoms with Crippen LogP contribution in [0.2, 0.25) is 0 Å². The van der Waals surface area contributed by atoms with E-state index in [1.54, 1.807) is 0 Å². The van der Waals surface area contributed by atoms with Crippen molar-refractivity contribution in [3.05, 3.63) is 64.7 Å². The Morgan fingerprint density at radius 1 is 0.962 bits per heavy atom. The maximum atomic E-state index is 12.1. The van der Waals surface area contributed by atoms with Gasteiger partial charge < -0.3 is 4.74 Å². The first kappa shape index (κ1) is 18.5. The van der Waals surface area contributed by atoms with Gasteiger partial charge in [0, 0.05) is 12.2 Å². The Morgan fingerprint density at radius 3 is 2.23 bits per heavy atom. The summed E-state index contributed by atoms with van der Waals surface area (Å²) in [6, 6.07) is 14.3. The smallest absolute Gasteiger partial charge is 0.411 e. The normalized spacial score (nSPS) is 14.8. The molecule has 0 aliphatic carbocycles. The molecule has 0 saturated carbocycles. The second-order valence-electron chi connectivity index (χ2n) is 7.12. The fourth-order valence-electron chi connectivity index (χ4n) is 3.42. The number of likely N-dealkylation sites (tertiary alicyclic amines) is 1. The number of piperidine rings is 1. The van der Waals surface area contributed by atoms with Crippen LogP contribution in [0.4, 0.5) is 10.5 Å². The van der Waals surface area contributed by atoms with E-state index in [1.165, 1.54) is 37.9 Å². The number of nitrogens with one attached hydrogen (secondary N) is 1. The summed E-state index contributed by atoms with van der Waals surface area (Å²) >= 11 is 0. The van der Waals surface area contributed by atoms with E-state index in [1.807, 2.05) is 44.2 Å². The van der Waals surface area contributed by atoms with Crippen molar-refractivity contribution >= 4 is 11.8 Å². The largest absolute Gasteiger partial charge is 0.444 e. The fourth-order valence-corrected chi connectivity index (χ4v) is 3.42. The molecule has 4 nitrogen and oxygen atoms in total. The lowest BCUT2D eigenvalue weighted by atomic mass is 10.1. The minimum atomic E-state index is -0.417. The standard InChI is InChI=1S/C22H28N2O2/c1-17-7-6-8-18(2)21(17)23-22(25)26-16-20-11-9-19(10-12-20)15-24-13-4-3-5-14-24/h6-12H,3-5,13-16H2,1-2H3,(H,23,25). The molecule has 0 aromatic heterocycles. The predicted octanol–water partition coefficient (Wildman–Crippen LogP) is 5.04. The van der Waals surface area contributed by atoms with E-state index in [0.717, 1.165) is 28.9 Å². The van der Waals surface area contributed by atoms with Gasteiger partial charge in [0.15, 0.2) is 0 Å². The highest BCUT2D eigenvalue weighted by Gasteiger charge is 2.11. The van der Waals surface area contributed by atoms with Gasteiger partial charge in [0.1, 0.15) is 6.61 Å². The molecule has 0 bridgehead atoms. The average Bonchev–Trinajstić information content (AvgIpc) is 2.65. The molecule has 2 aromatic carbocycles. The first-order valence-corrected chi connectivity index (χ1v) is 9.42. The number of nitrogens with zero attached hydrogens (tertiary/aromatic N) is 1. The SMILES string of the molecule is Cc1cccc(C)c1NC(=O)OCc1ccc(CN2CCCCC2)cc1. The van der Waals surface area contributed by atoms with Crippen LogP contribution in [0, 0.1) is 13.8 Å². The monoisotopic (exact) mass is 352 g/mol. The molecule has 0 spiro atoms. The third-order valence-corrected chi connectivity index (χ3v) is 4.96. The number of aryl methyl sites for hydroxylation is 2. The Morgan fingerprint density at radius 2 is 1.58 bits per heavy atom. The Bertz CT molecular complexity index is 714. The van der Waals surface area contributed by atoms with E-state index in [2.05, 4.69) is 22.3 Å². The molecule has 26 heavy (non-hydrogen) atoms. The maximum absolute atomic E-state index is 12.1. The highest BCUT2D eigenvalue weighted by Crippen LogP contribution is 2.20. The van der Waals surface area contributed by atoms with Crippen molar-refractivity contribution in [2.24, 2.45) is 0 Å². The van der Waals surface area contributed by atoms with Crippen molar-refractivity contribution in [1.29, 1.82) is 0 Å². The number of benzene rings is 2. The predicted molar refractivity (Wildman–Crippen MR) is 105 cm³/mol. The number of hydrogen-bond donors (Lipinski definition) is 1. The van der Waals surface area contributed by atoms with Crippen LogP contribution in [0.1, 0.15) is 41.5 Å². The van der Waals surface area contributed by atoms with Gasteiger partial charge in [-0.25, -0.2) is 4.79 Å². The van der Waals surface area contributed by atoms with Gasteiger partial charge in [0.05, 0.1) is 0 Å². The Labute approximate surface area is 156 Å². The lowest BCUT2D eigenvalue weighted by Crippen LogP contribution is -2.29. The maximum Gasteiger partial charge on any atom is 0.411 e. The summed E-state index contributed by atoms with van der Waals surface area (Å²) in [7, 11) is 0. The molecule has 1 aliphatic heterocycles. The number of ether oxygens (including phenoxy) is 1. The van der Waals surface area contributed by atoms with E-state index >= 15 is 0 Å². The number of carbonyl (C=O) groups excluding carboxylic acids is 1. The molecule has 1 N–H and O–H groups in total.